The average molecular weight is 266 g/mol. The lowest BCUT2D eigenvalue weighted by Gasteiger charge is -2.34. The molecule has 0 aliphatic carbocycles. The minimum atomic E-state index is -4.40. The molecule has 1 rings (SSSR count). The summed E-state index contributed by atoms with van der Waals surface area (Å²) >= 11 is 0. The van der Waals surface area contributed by atoms with Gasteiger partial charge < -0.3 is 0 Å². The van der Waals surface area contributed by atoms with Crippen LogP contribution in [-0.4, -0.2) is 31.0 Å². The van der Waals surface area contributed by atoms with Gasteiger partial charge in [0.1, 0.15) is 0 Å². The molecule has 1 aliphatic heterocycles. The van der Waals surface area contributed by atoms with Crippen LogP contribution < -0.4 is 0 Å². The Hall–Kier alpha value is -0.0100. The first-order valence-corrected chi connectivity index (χ1v) is 6.53. The fourth-order valence-electron chi connectivity index (χ4n) is 2.02. The van der Waals surface area contributed by atoms with Crippen LogP contribution in [0.25, 0.3) is 0 Å². The van der Waals surface area contributed by atoms with E-state index in [2.05, 4.69) is 0 Å². The zero-order valence-corrected chi connectivity index (χ0v) is 9.75. The Labute approximate surface area is 90.7 Å². The molecule has 0 amide bonds. The normalized spacial score (nSPS) is 28.3. The predicted molar refractivity (Wildman–Crippen MR) is 49.7 cm³/mol. The van der Waals surface area contributed by atoms with Gasteiger partial charge in [-0.2, -0.15) is 25.9 Å². The highest BCUT2D eigenvalue weighted by atomic mass is 35.7. The van der Waals surface area contributed by atoms with Crippen molar-refractivity contribution in [2.45, 2.75) is 32.0 Å². The smallest absolute Gasteiger partial charge is 0.195 e. The third kappa shape index (κ3) is 2.39. The summed E-state index contributed by atoms with van der Waals surface area (Å²) in [6.07, 6.45) is -4.65. The lowest BCUT2D eigenvalue weighted by atomic mass is 9.89. The summed E-state index contributed by atoms with van der Waals surface area (Å²) in [6.45, 7) is 2.28. The summed E-state index contributed by atoms with van der Waals surface area (Å²) in [5.74, 6) is -1.67. The van der Waals surface area contributed by atoms with Crippen molar-refractivity contribution < 1.29 is 21.6 Å². The summed E-state index contributed by atoms with van der Waals surface area (Å²) in [5, 5.41) is 0. The van der Waals surface area contributed by atoms with Gasteiger partial charge in [0.05, 0.1) is 5.92 Å². The number of nitrogens with zero attached hydrogens (tertiary/aromatic N) is 1. The highest BCUT2D eigenvalue weighted by Crippen LogP contribution is 2.46. The van der Waals surface area contributed by atoms with E-state index in [1.807, 2.05) is 0 Å². The average Bonchev–Trinajstić information content (AvgIpc) is 2.21. The molecule has 1 unspecified atom stereocenters. The molecule has 1 fully saturated rings. The van der Waals surface area contributed by atoms with Gasteiger partial charge in [-0.05, 0) is 20.3 Å². The van der Waals surface area contributed by atoms with Crippen LogP contribution in [0.1, 0.15) is 20.3 Å². The zero-order chi connectivity index (χ0) is 12.1. The largest absolute Gasteiger partial charge is 0.393 e. The lowest BCUT2D eigenvalue weighted by molar-refractivity contribution is -0.188. The molecule has 0 radical (unpaired) electrons. The molecule has 0 spiro atoms. The van der Waals surface area contributed by atoms with E-state index in [-0.39, 0.29) is 13.0 Å². The molecule has 1 atom stereocenters. The van der Waals surface area contributed by atoms with Gasteiger partial charge in [-0.15, -0.1) is 0 Å². The fraction of sp³-hybridized carbons (Fsp3) is 1.00. The van der Waals surface area contributed by atoms with Crippen LogP contribution in [-0.2, 0) is 9.24 Å². The topological polar surface area (TPSA) is 37.4 Å². The van der Waals surface area contributed by atoms with Crippen molar-refractivity contribution in [3.63, 3.8) is 0 Å². The van der Waals surface area contributed by atoms with Crippen molar-refractivity contribution in [3.8, 4) is 0 Å². The molecule has 1 saturated heterocycles. The summed E-state index contributed by atoms with van der Waals surface area (Å²) < 4.78 is 60.4. The lowest BCUT2D eigenvalue weighted by Crippen LogP contribution is -2.48. The molecule has 1 aliphatic rings. The molecule has 90 valence electrons. The fourth-order valence-corrected chi connectivity index (χ4v) is 3.77. The monoisotopic (exact) mass is 265 g/mol. The van der Waals surface area contributed by atoms with Crippen LogP contribution >= 0.6 is 10.7 Å². The Kier molecular flexibility index (Phi) is 3.04. The number of rotatable bonds is 1. The predicted octanol–water partition coefficient (Wildman–Crippen LogP) is 2.13. The van der Waals surface area contributed by atoms with Crippen LogP contribution in [0.3, 0.4) is 0 Å². The van der Waals surface area contributed by atoms with Crippen LogP contribution in [0.5, 0.6) is 0 Å². The molecular formula is C7H11ClF3NO2S. The highest BCUT2D eigenvalue weighted by Gasteiger charge is 2.57. The van der Waals surface area contributed by atoms with Gasteiger partial charge in [-0.3, -0.25) is 0 Å². The second-order valence-electron chi connectivity index (χ2n) is 4.05. The maximum Gasteiger partial charge on any atom is 0.393 e. The third-order valence-corrected chi connectivity index (χ3v) is 4.45. The Morgan fingerprint density at radius 1 is 1.40 bits per heavy atom. The number of hydrogen-bond acceptors (Lipinski definition) is 2. The number of alkyl halides is 3. The molecule has 0 aromatic heterocycles. The summed E-state index contributed by atoms with van der Waals surface area (Å²) in [5.41, 5.74) is -1.52. The molecular weight excluding hydrogens is 255 g/mol. The van der Waals surface area contributed by atoms with Gasteiger partial charge in [0, 0.05) is 22.8 Å². The quantitative estimate of drug-likeness (QED) is 0.681. The van der Waals surface area contributed by atoms with E-state index >= 15 is 0 Å². The molecule has 8 heteroatoms. The molecule has 0 saturated carbocycles. The maximum atomic E-state index is 12.6. The SMILES string of the molecule is CC1(C)C(C(F)(F)F)CCN1S(=O)(=O)Cl. The Morgan fingerprint density at radius 3 is 2.07 bits per heavy atom. The van der Waals surface area contributed by atoms with Crippen molar-refractivity contribution in [2.24, 2.45) is 5.92 Å². The van der Waals surface area contributed by atoms with Gasteiger partial charge in [-0.25, -0.2) is 0 Å². The van der Waals surface area contributed by atoms with Crippen molar-refractivity contribution in [3.05, 3.63) is 0 Å². The third-order valence-electron chi connectivity index (χ3n) is 2.77. The second-order valence-corrected chi connectivity index (χ2v) is 6.49. The van der Waals surface area contributed by atoms with E-state index in [1.54, 1.807) is 0 Å². The second kappa shape index (κ2) is 3.49. The van der Waals surface area contributed by atoms with Gasteiger partial charge >= 0.3 is 6.18 Å². The zero-order valence-electron chi connectivity index (χ0n) is 8.18. The molecule has 0 aromatic carbocycles. The molecule has 0 bridgehead atoms. The molecule has 0 N–H and O–H groups in total. The maximum absolute atomic E-state index is 12.6. The van der Waals surface area contributed by atoms with Gasteiger partial charge in [-0.1, -0.05) is 0 Å². The van der Waals surface area contributed by atoms with E-state index < -0.39 is 26.9 Å². The minimum Gasteiger partial charge on any atom is -0.195 e. The summed E-state index contributed by atoms with van der Waals surface area (Å²) in [7, 11) is 0.972. The first kappa shape index (κ1) is 13.1. The number of hydrogen-bond donors (Lipinski definition) is 0. The van der Waals surface area contributed by atoms with Crippen molar-refractivity contribution in [2.75, 3.05) is 6.54 Å². The van der Waals surface area contributed by atoms with E-state index in [0.717, 1.165) is 0 Å². The van der Waals surface area contributed by atoms with Crippen molar-refractivity contribution in [1.82, 2.24) is 4.31 Å². The number of halogens is 4. The molecule has 3 nitrogen and oxygen atoms in total. The summed E-state index contributed by atoms with van der Waals surface area (Å²) in [6, 6.07) is 0. The van der Waals surface area contributed by atoms with E-state index in [1.165, 1.54) is 13.8 Å². The van der Waals surface area contributed by atoms with Crippen molar-refractivity contribution >= 4 is 19.9 Å². The first-order valence-electron chi connectivity index (χ1n) is 4.26. The highest BCUT2D eigenvalue weighted by molar-refractivity contribution is 8.11. The van der Waals surface area contributed by atoms with Crippen LogP contribution in [0.4, 0.5) is 13.2 Å². The van der Waals surface area contributed by atoms with Gasteiger partial charge in [0.15, 0.2) is 0 Å². The minimum absolute atomic E-state index is 0.191. The van der Waals surface area contributed by atoms with Gasteiger partial charge in [0.25, 0.3) is 9.24 Å². The standard InChI is InChI=1S/C7H11ClF3NO2S/c1-6(2)5(7(9,10)11)3-4-12(6)15(8,13)14/h5H,3-4H2,1-2H3. The first-order chi connectivity index (χ1) is 6.47. The van der Waals surface area contributed by atoms with Gasteiger partial charge in [0.2, 0.25) is 0 Å². The van der Waals surface area contributed by atoms with E-state index in [9.17, 15) is 21.6 Å². The summed E-state index contributed by atoms with van der Waals surface area (Å²) in [4.78, 5) is 0. The van der Waals surface area contributed by atoms with E-state index in [0.29, 0.717) is 4.31 Å². The van der Waals surface area contributed by atoms with Crippen molar-refractivity contribution in [1.29, 1.82) is 0 Å². The van der Waals surface area contributed by atoms with Crippen LogP contribution in [0.2, 0.25) is 0 Å². The molecule has 0 aromatic rings. The molecule has 1 heterocycles. The Bertz CT molecular complexity index is 352. The Balaban J connectivity index is 3.06. The molecule has 15 heavy (non-hydrogen) atoms. The van der Waals surface area contributed by atoms with E-state index in [4.69, 9.17) is 10.7 Å². The van der Waals surface area contributed by atoms with Crippen LogP contribution in [0, 0.1) is 5.92 Å². The Morgan fingerprint density at radius 2 is 1.87 bits per heavy atom. The van der Waals surface area contributed by atoms with Crippen LogP contribution in [0.15, 0.2) is 0 Å².